The van der Waals surface area contributed by atoms with E-state index in [1.54, 1.807) is 36.4 Å². The Kier molecular flexibility index (Phi) is 3.12. The van der Waals surface area contributed by atoms with Crippen LogP contribution in [0.5, 0.6) is 0 Å². The van der Waals surface area contributed by atoms with Crippen LogP contribution in [-0.4, -0.2) is 16.1 Å². The molecule has 0 aliphatic carbocycles. The van der Waals surface area contributed by atoms with E-state index in [1.165, 1.54) is 0 Å². The third-order valence-electron chi connectivity index (χ3n) is 1.91. The predicted molar refractivity (Wildman–Crippen MR) is 61.4 cm³/mol. The number of rotatable bonds is 2. The molecule has 1 N–H and O–H groups in total. The first-order valence-electron chi connectivity index (χ1n) is 4.61. The fraction of sp³-hybridized carbons (Fsp3) is 0. The molecule has 0 fully saturated rings. The van der Waals surface area contributed by atoms with E-state index in [0.717, 1.165) is 0 Å². The number of nitrogens with zero attached hydrogens (tertiary/aromatic N) is 2. The van der Waals surface area contributed by atoms with Gasteiger partial charge in [0, 0.05) is 5.56 Å². The number of hydrogen-bond donors (Lipinski definition) is 1. The summed E-state index contributed by atoms with van der Waals surface area (Å²) < 4.78 is 0. The molecule has 16 heavy (non-hydrogen) atoms. The van der Waals surface area contributed by atoms with Crippen molar-refractivity contribution in [1.82, 2.24) is 10.2 Å². The van der Waals surface area contributed by atoms with Crippen LogP contribution in [-0.2, 0) is 0 Å². The van der Waals surface area contributed by atoms with Gasteiger partial charge in [-0.05, 0) is 24.3 Å². The van der Waals surface area contributed by atoms with Gasteiger partial charge in [-0.15, -0.1) is 10.2 Å². The Morgan fingerprint density at radius 3 is 2.44 bits per heavy atom. The third-order valence-corrected chi connectivity index (χ3v) is 2.11. The number of hydrogen-bond acceptors (Lipinski definition) is 3. The van der Waals surface area contributed by atoms with Gasteiger partial charge in [-0.3, -0.25) is 4.79 Å². The average Bonchev–Trinajstić information content (AvgIpc) is 2.33. The molecular formula is C11H8ClN3O. The summed E-state index contributed by atoms with van der Waals surface area (Å²) in [5.74, 6) is 0.149. The van der Waals surface area contributed by atoms with E-state index in [-0.39, 0.29) is 11.1 Å². The Balaban J connectivity index is 2.11. The molecule has 80 valence electrons. The van der Waals surface area contributed by atoms with Crippen LogP contribution in [0.3, 0.4) is 0 Å². The highest BCUT2D eigenvalue weighted by atomic mass is 35.5. The first kappa shape index (κ1) is 10.6. The summed E-state index contributed by atoms with van der Waals surface area (Å²) in [5.41, 5.74) is 0.569. The van der Waals surface area contributed by atoms with E-state index in [0.29, 0.717) is 11.4 Å². The van der Waals surface area contributed by atoms with Crippen molar-refractivity contribution in [1.29, 1.82) is 0 Å². The molecule has 0 atom stereocenters. The number of aromatic nitrogens is 2. The number of nitrogens with one attached hydrogen (secondary N) is 1. The van der Waals surface area contributed by atoms with Crippen LogP contribution in [0.2, 0.25) is 5.15 Å². The maximum absolute atomic E-state index is 11.7. The summed E-state index contributed by atoms with van der Waals surface area (Å²) in [6.45, 7) is 0. The van der Waals surface area contributed by atoms with Gasteiger partial charge >= 0.3 is 0 Å². The second-order valence-electron chi connectivity index (χ2n) is 3.06. The number of halogens is 1. The van der Waals surface area contributed by atoms with Crippen molar-refractivity contribution in [2.45, 2.75) is 0 Å². The molecule has 0 saturated heterocycles. The SMILES string of the molecule is O=C(Nc1ccc(Cl)nn1)c1ccccc1. The Labute approximate surface area is 97.3 Å². The van der Waals surface area contributed by atoms with Gasteiger partial charge in [0.1, 0.15) is 0 Å². The van der Waals surface area contributed by atoms with E-state index < -0.39 is 0 Å². The lowest BCUT2D eigenvalue weighted by Gasteiger charge is -2.02. The number of anilines is 1. The van der Waals surface area contributed by atoms with Crippen LogP contribution < -0.4 is 5.32 Å². The van der Waals surface area contributed by atoms with Crippen LogP contribution in [0.4, 0.5) is 5.82 Å². The quantitative estimate of drug-likeness (QED) is 0.867. The summed E-state index contributed by atoms with van der Waals surface area (Å²) in [6.07, 6.45) is 0. The minimum atomic E-state index is -0.225. The minimum Gasteiger partial charge on any atom is -0.305 e. The van der Waals surface area contributed by atoms with Gasteiger partial charge in [0.2, 0.25) is 0 Å². The van der Waals surface area contributed by atoms with Crippen molar-refractivity contribution in [3.05, 3.63) is 53.2 Å². The molecule has 0 aliphatic rings. The fourth-order valence-corrected chi connectivity index (χ4v) is 1.26. The molecule has 2 aromatic rings. The Morgan fingerprint density at radius 2 is 1.81 bits per heavy atom. The maximum Gasteiger partial charge on any atom is 0.256 e. The summed E-state index contributed by atoms with van der Waals surface area (Å²) in [6, 6.07) is 12.0. The average molecular weight is 234 g/mol. The first-order valence-corrected chi connectivity index (χ1v) is 4.99. The molecule has 0 radical (unpaired) electrons. The van der Waals surface area contributed by atoms with Crippen molar-refractivity contribution < 1.29 is 4.79 Å². The van der Waals surface area contributed by atoms with Crippen LogP contribution in [0.15, 0.2) is 42.5 Å². The minimum absolute atomic E-state index is 0.225. The van der Waals surface area contributed by atoms with E-state index in [4.69, 9.17) is 11.6 Å². The number of amides is 1. The zero-order valence-corrected chi connectivity index (χ0v) is 8.98. The Bertz CT molecular complexity index is 484. The summed E-state index contributed by atoms with van der Waals surface area (Å²) >= 11 is 5.58. The molecule has 0 spiro atoms. The van der Waals surface area contributed by atoms with Crippen LogP contribution in [0, 0.1) is 0 Å². The number of carbonyl (C=O) groups is 1. The Hall–Kier alpha value is -1.94. The standard InChI is InChI=1S/C11H8ClN3O/c12-9-6-7-10(15-14-9)13-11(16)8-4-2-1-3-5-8/h1-7H,(H,13,15,16). The van der Waals surface area contributed by atoms with Crippen LogP contribution >= 0.6 is 11.6 Å². The van der Waals surface area contributed by atoms with E-state index >= 15 is 0 Å². The fourth-order valence-electron chi connectivity index (χ4n) is 1.16. The van der Waals surface area contributed by atoms with Crippen molar-refractivity contribution in [3.8, 4) is 0 Å². The molecule has 0 saturated carbocycles. The molecule has 1 aromatic heterocycles. The first-order chi connectivity index (χ1) is 7.75. The summed E-state index contributed by atoms with van der Waals surface area (Å²) in [7, 11) is 0. The van der Waals surface area contributed by atoms with E-state index in [9.17, 15) is 4.79 Å². The normalized spacial score (nSPS) is 9.81. The second-order valence-corrected chi connectivity index (χ2v) is 3.45. The Morgan fingerprint density at radius 1 is 1.06 bits per heavy atom. The molecular weight excluding hydrogens is 226 g/mol. The smallest absolute Gasteiger partial charge is 0.256 e. The predicted octanol–water partition coefficient (Wildman–Crippen LogP) is 2.38. The molecule has 0 unspecified atom stereocenters. The lowest BCUT2D eigenvalue weighted by Crippen LogP contribution is -2.12. The molecule has 1 heterocycles. The number of benzene rings is 1. The van der Waals surface area contributed by atoms with Gasteiger partial charge in [-0.25, -0.2) is 0 Å². The van der Waals surface area contributed by atoms with Gasteiger partial charge in [-0.1, -0.05) is 29.8 Å². The molecule has 0 bridgehead atoms. The highest BCUT2D eigenvalue weighted by Gasteiger charge is 2.05. The van der Waals surface area contributed by atoms with Gasteiger partial charge in [0.05, 0.1) is 0 Å². The van der Waals surface area contributed by atoms with Gasteiger partial charge in [0.25, 0.3) is 5.91 Å². The molecule has 0 aliphatic heterocycles. The third kappa shape index (κ3) is 2.55. The van der Waals surface area contributed by atoms with Crippen LogP contribution in [0.1, 0.15) is 10.4 Å². The highest BCUT2D eigenvalue weighted by molar-refractivity contribution is 6.29. The van der Waals surface area contributed by atoms with Gasteiger partial charge in [-0.2, -0.15) is 0 Å². The lowest BCUT2D eigenvalue weighted by molar-refractivity contribution is 0.102. The summed E-state index contributed by atoms with van der Waals surface area (Å²) in [5, 5.41) is 10.3. The monoisotopic (exact) mass is 233 g/mol. The van der Waals surface area contributed by atoms with Gasteiger partial charge < -0.3 is 5.32 Å². The largest absolute Gasteiger partial charge is 0.305 e. The zero-order chi connectivity index (χ0) is 11.4. The topological polar surface area (TPSA) is 54.9 Å². The van der Waals surface area contributed by atoms with E-state index in [1.807, 2.05) is 6.07 Å². The van der Waals surface area contributed by atoms with Crippen molar-refractivity contribution >= 4 is 23.3 Å². The number of carbonyl (C=O) groups excluding carboxylic acids is 1. The van der Waals surface area contributed by atoms with Gasteiger partial charge in [0.15, 0.2) is 11.0 Å². The maximum atomic E-state index is 11.7. The summed E-state index contributed by atoms with van der Waals surface area (Å²) in [4.78, 5) is 11.7. The van der Waals surface area contributed by atoms with Crippen LogP contribution in [0.25, 0.3) is 0 Å². The molecule has 2 rings (SSSR count). The molecule has 4 nitrogen and oxygen atoms in total. The zero-order valence-electron chi connectivity index (χ0n) is 8.22. The highest BCUT2D eigenvalue weighted by Crippen LogP contribution is 2.08. The van der Waals surface area contributed by atoms with Crippen molar-refractivity contribution in [2.24, 2.45) is 0 Å². The van der Waals surface area contributed by atoms with E-state index in [2.05, 4.69) is 15.5 Å². The lowest BCUT2D eigenvalue weighted by atomic mass is 10.2. The second kappa shape index (κ2) is 4.72. The molecule has 1 amide bonds. The molecule has 5 heteroatoms. The van der Waals surface area contributed by atoms with Crippen molar-refractivity contribution in [3.63, 3.8) is 0 Å². The molecule has 1 aromatic carbocycles. The van der Waals surface area contributed by atoms with Crippen molar-refractivity contribution in [2.75, 3.05) is 5.32 Å².